The van der Waals surface area contributed by atoms with Crippen molar-refractivity contribution in [2.24, 2.45) is 0 Å². The monoisotopic (exact) mass is 318 g/mol. The summed E-state index contributed by atoms with van der Waals surface area (Å²) in [5, 5.41) is 6.58. The Hall–Kier alpha value is -3.14. The standard InChI is InChI=1S/C20H22N4/c1-23-18-12-11-17(13-3-7-15(21)8-4-13)19(20(18)24-2)14-5-9-16(22)10-6-14/h3-12,23-24H,21-22H2,1-2H3. The minimum absolute atomic E-state index is 0.753. The molecule has 0 amide bonds. The van der Waals surface area contributed by atoms with E-state index in [1.54, 1.807) is 0 Å². The highest BCUT2D eigenvalue weighted by molar-refractivity contribution is 5.97. The van der Waals surface area contributed by atoms with E-state index >= 15 is 0 Å². The van der Waals surface area contributed by atoms with E-state index in [0.29, 0.717) is 0 Å². The molecule has 0 radical (unpaired) electrons. The molecule has 0 saturated heterocycles. The van der Waals surface area contributed by atoms with Crippen LogP contribution >= 0.6 is 0 Å². The highest BCUT2D eigenvalue weighted by atomic mass is 14.9. The molecule has 0 bridgehead atoms. The van der Waals surface area contributed by atoms with Crippen LogP contribution in [0.25, 0.3) is 22.3 Å². The van der Waals surface area contributed by atoms with E-state index in [2.05, 4.69) is 22.8 Å². The quantitative estimate of drug-likeness (QED) is 0.542. The largest absolute Gasteiger partial charge is 0.399 e. The number of hydrogen-bond acceptors (Lipinski definition) is 4. The van der Waals surface area contributed by atoms with Gasteiger partial charge in [0, 0.05) is 31.0 Å². The van der Waals surface area contributed by atoms with E-state index in [9.17, 15) is 0 Å². The van der Waals surface area contributed by atoms with Crippen LogP contribution in [0.5, 0.6) is 0 Å². The Labute approximate surface area is 142 Å². The third-order valence-electron chi connectivity index (χ3n) is 4.15. The molecule has 0 spiro atoms. The van der Waals surface area contributed by atoms with Crippen molar-refractivity contribution in [2.45, 2.75) is 0 Å². The lowest BCUT2D eigenvalue weighted by Gasteiger charge is -2.19. The highest BCUT2D eigenvalue weighted by Gasteiger charge is 2.15. The minimum Gasteiger partial charge on any atom is -0.399 e. The summed E-state index contributed by atoms with van der Waals surface area (Å²) in [6.45, 7) is 0. The maximum Gasteiger partial charge on any atom is 0.0659 e. The van der Waals surface area contributed by atoms with Gasteiger partial charge in [0.25, 0.3) is 0 Å². The van der Waals surface area contributed by atoms with Crippen LogP contribution < -0.4 is 22.1 Å². The van der Waals surface area contributed by atoms with Crippen molar-refractivity contribution >= 4 is 22.7 Å². The Balaban J connectivity index is 2.28. The zero-order valence-electron chi connectivity index (χ0n) is 13.9. The summed E-state index contributed by atoms with van der Waals surface area (Å²) in [6.07, 6.45) is 0. The Morgan fingerprint density at radius 3 is 1.67 bits per heavy atom. The van der Waals surface area contributed by atoms with Gasteiger partial charge in [-0.3, -0.25) is 0 Å². The second kappa shape index (κ2) is 6.54. The topological polar surface area (TPSA) is 76.1 Å². The fourth-order valence-electron chi connectivity index (χ4n) is 2.92. The van der Waals surface area contributed by atoms with E-state index in [4.69, 9.17) is 11.5 Å². The minimum atomic E-state index is 0.753. The first-order valence-corrected chi connectivity index (χ1v) is 7.88. The van der Waals surface area contributed by atoms with Gasteiger partial charge in [-0.15, -0.1) is 0 Å². The molecule has 6 N–H and O–H groups in total. The van der Waals surface area contributed by atoms with Gasteiger partial charge in [-0.25, -0.2) is 0 Å². The van der Waals surface area contributed by atoms with Crippen LogP contribution in [0.1, 0.15) is 0 Å². The molecule has 3 aromatic carbocycles. The van der Waals surface area contributed by atoms with Crippen LogP contribution in [0.2, 0.25) is 0 Å². The molecule has 0 aliphatic carbocycles. The summed E-state index contributed by atoms with van der Waals surface area (Å²) in [6, 6.07) is 20.1. The molecule has 0 saturated carbocycles. The number of rotatable bonds is 4. The van der Waals surface area contributed by atoms with E-state index in [1.807, 2.05) is 62.6 Å². The normalized spacial score (nSPS) is 10.4. The van der Waals surface area contributed by atoms with Crippen LogP contribution in [0, 0.1) is 0 Å². The SMILES string of the molecule is CNc1ccc(-c2ccc(N)cc2)c(-c2ccc(N)cc2)c1NC. The molecule has 0 aromatic heterocycles. The number of nitrogens with one attached hydrogen (secondary N) is 2. The highest BCUT2D eigenvalue weighted by Crippen LogP contribution is 2.42. The fourth-order valence-corrected chi connectivity index (χ4v) is 2.92. The van der Waals surface area contributed by atoms with Crippen LogP contribution in [-0.2, 0) is 0 Å². The Kier molecular flexibility index (Phi) is 4.29. The molecule has 24 heavy (non-hydrogen) atoms. The van der Waals surface area contributed by atoms with Gasteiger partial charge in [0.1, 0.15) is 0 Å². The smallest absolute Gasteiger partial charge is 0.0659 e. The number of nitrogens with two attached hydrogens (primary N) is 2. The van der Waals surface area contributed by atoms with Crippen LogP contribution in [0.15, 0.2) is 60.7 Å². The summed E-state index contributed by atoms with van der Waals surface area (Å²) < 4.78 is 0. The first-order valence-electron chi connectivity index (χ1n) is 7.88. The fraction of sp³-hybridized carbons (Fsp3) is 0.100. The van der Waals surface area contributed by atoms with Gasteiger partial charge in [0.05, 0.1) is 11.4 Å². The molecule has 122 valence electrons. The van der Waals surface area contributed by atoms with Crippen LogP contribution in [-0.4, -0.2) is 14.1 Å². The predicted molar refractivity (Wildman–Crippen MR) is 105 cm³/mol. The summed E-state index contributed by atoms with van der Waals surface area (Å²) in [4.78, 5) is 0. The van der Waals surface area contributed by atoms with E-state index < -0.39 is 0 Å². The molecule has 0 fully saturated rings. The molecule has 0 atom stereocenters. The van der Waals surface area contributed by atoms with E-state index in [-0.39, 0.29) is 0 Å². The number of anilines is 4. The zero-order valence-corrected chi connectivity index (χ0v) is 13.9. The number of hydrogen-bond donors (Lipinski definition) is 4. The van der Waals surface area contributed by atoms with Crippen molar-refractivity contribution in [1.29, 1.82) is 0 Å². The summed E-state index contributed by atoms with van der Waals surface area (Å²) in [5.74, 6) is 0. The van der Waals surface area contributed by atoms with E-state index in [0.717, 1.165) is 45.0 Å². The molecule has 4 nitrogen and oxygen atoms in total. The van der Waals surface area contributed by atoms with Gasteiger partial charge < -0.3 is 22.1 Å². The molecule has 0 unspecified atom stereocenters. The molecular formula is C20H22N4. The van der Waals surface area contributed by atoms with Crippen molar-refractivity contribution in [1.82, 2.24) is 0 Å². The Bertz CT molecular complexity index is 837. The third kappa shape index (κ3) is 2.86. The van der Waals surface area contributed by atoms with Gasteiger partial charge in [-0.2, -0.15) is 0 Å². The summed E-state index contributed by atoms with van der Waals surface area (Å²) in [5.41, 5.74) is 19.8. The van der Waals surface area contributed by atoms with E-state index in [1.165, 1.54) is 0 Å². The maximum absolute atomic E-state index is 5.86. The maximum atomic E-state index is 5.86. The molecule has 3 rings (SSSR count). The second-order valence-electron chi connectivity index (χ2n) is 5.65. The van der Waals surface area contributed by atoms with Gasteiger partial charge in [-0.05, 0) is 47.0 Å². The average molecular weight is 318 g/mol. The lowest BCUT2D eigenvalue weighted by atomic mass is 9.92. The first-order chi connectivity index (χ1) is 11.6. The third-order valence-corrected chi connectivity index (χ3v) is 4.15. The molecule has 3 aromatic rings. The number of benzene rings is 3. The average Bonchev–Trinajstić information content (AvgIpc) is 2.62. The van der Waals surface area contributed by atoms with Crippen molar-refractivity contribution < 1.29 is 0 Å². The Morgan fingerprint density at radius 2 is 1.17 bits per heavy atom. The second-order valence-corrected chi connectivity index (χ2v) is 5.65. The van der Waals surface area contributed by atoms with Crippen LogP contribution in [0.3, 0.4) is 0 Å². The Morgan fingerprint density at radius 1 is 0.625 bits per heavy atom. The lowest BCUT2D eigenvalue weighted by molar-refractivity contribution is 1.44. The van der Waals surface area contributed by atoms with Gasteiger partial charge in [0.15, 0.2) is 0 Å². The van der Waals surface area contributed by atoms with Gasteiger partial charge >= 0.3 is 0 Å². The summed E-state index contributed by atoms with van der Waals surface area (Å²) in [7, 11) is 3.86. The molecular weight excluding hydrogens is 296 g/mol. The van der Waals surface area contributed by atoms with Gasteiger partial charge in [-0.1, -0.05) is 30.3 Å². The molecule has 0 heterocycles. The molecule has 4 heteroatoms. The number of nitrogen functional groups attached to an aromatic ring is 2. The van der Waals surface area contributed by atoms with Crippen LogP contribution in [0.4, 0.5) is 22.7 Å². The molecule has 0 aliphatic heterocycles. The zero-order chi connectivity index (χ0) is 17.1. The summed E-state index contributed by atoms with van der Waals surface area (Å²) >= 11 is 0. The molecule has 0 aliphatic rings. The first kappa shape index (κ1) is 15.7. The predicted octanol–water partition coefficient (Wildman–Crippen LogP) is 4.27. The van der Waals surface area contributed by atoms with Gasteiger partial charge in [0.2, 0.25) is 0 Å². The van der Waals surface area contributed by atoms with Crippen molar-refractivity contribution in [3.05, 3.63) is 60.7 Å². The van der Waals surface area contributed by atoms with Crippen molar-refractivity contribution in [3.8, 4) is 22.3 Å². The van der Waals surface area contributed by atoms with Crippen molar-refractivity contribution in [3.63, 3.8) is 0 Å². The lowest BCUT2D eigenvalue weighted by Crippen LogP contribution is -2.01. The van der Waals surface area contributed by atoms with Crippen molar-refractivity contribution in [2.75, 3.05) is 36.2 Å².